The van der Waals surface area contributed by atoms with Crippen LogP contribution in [-0.4, -0.2) is 9.13 Å². The van der Waals surface area contributed by atoms with E-state index in [4.69, 9.17) is 28.2 Å². The molecule has 0 radical (unpaired) electrons. The minimum Gasteiger partial charge on any atom is -0.342 e. The normalized spacial score (nSPS) is 16.1. The van der Waals surface area contributed by atoms with E-state index in [-0.39, 0.29) is 11.6 Å². The van der Waals surface area contributed by atoms with E-state index in [1.807, 2.05) is 59.2 Å². The molecule has 43 heavy (non-hydrogen) atoms. The van der Waals surface area contributed by atoms with E-state index >= 15 is 0 Å². The lowest BCUT2D eigenvalue weighted by atomic mass is 9.83. The first-order valence-electron chi connectivity index (χ1n) is 14.2. The number of thiazole rings is 1. The Morgan fingerprint density at radius 1 is 0.884 bits per heavy atom. The Balaban J connectivity index is 1.30. The Morgan fingerprint density at radius 2 is 1.67 bits per heavy atom. The minimum atomic E-state index is -0.182. The van der Waals surface area contributed by atoms with E-state index in [1.165, 1.54) is 28.0 Å². The summed E-state index contributed by atoms with van der Waals surface area (Å²) in [7, 11) is 0. The van der Waals surface area contributed by atoms with Crippen LogP contribution in [0.15, 0.2) is 119 Å². The van der Waals surface area contributed by atoms with E-state index in [2.05, 4.69) is 59.3 Å². The van der Waals surface area contributed by atoms with Gasteiger partial charge in [0.15, 0.2) is 4.80 Å². The molecule has 0 spiro atoms. The number of allylic oxidation sites excluding steroid dienone is 1. The Labute approximate surface area is 262 Å². The second-order valence-corrected chi connectivity index (χ2v) is 12.8. The molecular formula is C36H25Cl2N3OS. The molecule has 0 bridgehead atoms. The summed E-state index contributed by atoms with van der Waals surface area (Å²) >= 11 is 13.9. The summed E-state index contributed by atoms with van der Waals surface area (Å²) in [6, 6.07) is 32.7. The van der Waals surface area contributed by atoms with Crippen molar-refractivity contribution in [2.45, 2.75) is 25.4 Å². The van der Waals surface area contributed by atoms with Crippen molar-refractivity contribution in [1.82, 2.24) is 9.13 Å². The van der Waals surface area contributed by atoms with Gasteiger partial charge in [0.05, 0.1) is 26.3 Å². The molecule has 4 nitrogen and oxygen atoms in total. The zero-order valence-corrected chi connectivity index (χ0v) is 25.3. The van der Waals surface area contributed by atoms with Crippen LogP contribution in [0, 0.1) is 0 Å². The number of rotatable bonds is 4. The molecule has 7 heteroatoms. The second kappa shape index (κ2) is 10.5. The van der Waals surface area contributed by atoms with Crippen molar-refractivity contribution in [3.05, 3.63) is 166 Å². The van der Waals surface area contributed by atoms with Crippen LogP contribution in [0.4, 0.5) is 0 Å². The number of para-hydroxylation sites is 1. The van der Waals surface area contributed by atoms with Gasteiger partial charge in [-0.25, -0.2) is 4.99 Å². The van der Waals surface area contributed by atoms with Gasteiger partial charge in [-0.1, -0.05) is 113 Å². The van der Waals surface area contributed by atoms with Crippen molar-refractivity contribution in [1.29, 1.82) is 0 Å². The van der Waals surface area contributed by atoms with Crippen molar-refractivity contribution < 1.29 is 0 Å². The van der Waals surface area contributed by atoms with Crippen molar-refractivity contribution in [3.63, 3.8) is 0 Å². The summed E-state index contributed by atoms with van der Waals surface area (Å²) in [5.74, 6) is 0. The van der Waals surface area contributed by atoms with Gasteiger partial charge < -0.3 is 4.57 Å². The number of nitrogens with zero attached hydrogens (tertiary/aromatic N) is 3. The predicted octanol–water partition coefficient (Wildman–Crippen LogP) is 7.63. The molecule has 1 aliphatic carbocycles. The fourth-order valence-corrected chi connectivity index (χ4v) is 7.77. The first kappa shape index (κ1) is 26.5. The second-order valence-electron chi connectivity index (χ2n) is 11.0. The van der Waals surface area contributed by atoms with Gasteiger partial charge in [0, 0.05) is 34.8 Å². The number of aromatic nitrogens is 2. The Bertz CT molecular complexity index is 2280. The average Bonchev–Trinajstić information content (AvgIpc) is 3.54. The maximum atomic E-state index is 14.3. The predicted molar refractivity (Wildman–Crippen MR) is 177 cm³/mol. The Kier molecular flexibility index (Phi) is 6.48. The summed E-state index contributed by atoms with van der Waals surface area (Å²) in [6.45, 7) is 0.632. The lowest BCUT2D eigenvalue weighted by Crippen LogP contribution is -2.38. The number of aryl methyl sites for hydroxylation is 1. The summed E-state index contributed by atoms with van der Waals surface area (Å²) in [4.78, 5) is 20.1. The molecule has 1 atom stereocenters. The molecule has 8 rings (SSSR count). The van der Waals surface area contributed by atoms with E-state index in [1.54, 1.807) is 0 Å². The smallest absolute Gasteiger partial charge is 0.271 e. The average molecular weight is 619 g/mol. The lowest BCUT2D eigenvalue weighted by molar-refractivity contribution is 0.585. The third kappa shape index (κ3) is 4.51. The lowest BCUT2D eigenvalue weighted by Gasteiger charge is -2.30. The van der Waals surface area contributed by atoms with Crippen LogP contribution < -0.4 is 14.9 Å². The maximum Gasteiger partial charge on any atom is 0.271 e. The SMILES string of the molecule is O=c1/c(=C\c2cn(Cc3ccc(Cl)c(Cl)c3)c3ccccc23)sc2n1C(c1ccccc1)C1=C(N=2)c2ccccc2CC1. The number of hydrogen-bond acceptors (Lipinski definition) is 3. The molecule has 0 saturated heterocycles. The fourth-order valence-electron chi connectivity index (χ4n) is 6.45. The van der Waals surface area contributed by atoms with E-state index < -0.39 is 0 Å². The molecule has 0 fully saturated rings. The Hall–Kier alpha value is -4.16. The highest BCUT2D eigenvalue weighted by Crippen LogP contribution is 2.41. The van der Waals surface area contributed by atoms with E-state index in [0.717, 1.165) is 50.9 Å². The molecule has 4 aromatic carbocycles. The Morgan fingerprint density at radius 3 is 2.53 bits per heavy atom. The van der Waals surface area contributed by atoms with Crippen molar-refractivity contribution >= 4 is 57.2 Å². The van der Waals surface area contributed by atoms with E-state index in [0.29, 0.717) is 21.1 Å². The molecule has 2 aromatic heterocycles. The molecule has 6 aromatic rings. The van der Waals surface area contributed by atoms with Gasteiger partial charge in [-0.15, -0.1) is 0 Å². The molecule has 1 unspecified atom stereocenters. The van der Waals surface area contributed by atoms with Gasteiger partial charge in [0.25, 0.3) is 5.56 Å². The molecule has 0 N–H and O–H groups in total. The van der Waals surface area contributed by atoms with Crippen LogP contribution >= 0.6 is 34.5 Å². The topological polar surface area (TPSA) is 39.3 Å². The molecular weight excluding hydrogens is 593 g/mol. The standard InChI is InChI=1S/C36H25Cl2N3OS/c37-29-17-14-22(18-30(29)38)20-40-21-25(26-11-6-7-13-31(26)40)19-32-35(42)41-34(24-9-2-1-3-10-24)28-16-15-23-8-4-5-12-27(23)33(28)39-36(41)43-32/h1-14,17-19,21,34H,15-16,20H2/b32-19+. The van der Waals surface area contributed by atoms with Crippen molar-refractivity contribution in [2.75, 3.05) is 0 Å². The van der Waals surface area contributed by atoms with Crippen LogP contribution in [0.25, 0.3) is 22.7 Å². The first-order valence-corrected chi connectivity index (χ1v) is 15.8. The van der Waals surface area contributed by atoms with Gasteiger partial charge in [-0.05, 0) is 59.4 Å². The fraction of sp³-hybridized carbons (Fsp3) is 0.111. The maximum absolute atomic E-state index is 14.3. The number of hydrogen-bond donors (Lipinski definition) is 0. The highest BCUT2D eigenvalue weighted by Gasteiger charge is 2.32. The van der Waals surface area contributed by atoms with Crippen LogP contribution in [0.5, 0.6) is 0 Å². The summed E-state index contributed by atoms with van der Waals surface area (Å²) in [5, 5.41) is 2.16. The van der Waals surface area contributed by atoms with Gasteiger partial charge in [0.1, 0.15) is 0 Å². The molecule has 3 heterocycles. The molecule has 210 valence electrons. The monoisotopic (exact) mass is 617 g/mol. The van der Waals surface area contributed by atoms with Crippen LogP contribution in [0.1, 0.15) is 40.3 Å². The first-order chi connectivity index (χ1) is 21.0. The third-order valence-electron chi connectivity index (χ3n) is 8.43. The zero-order valence-electron chi connectivity index (χ0n) is 23.0. The van der Waals surface area contributed by atoms with Crippen LogP contribution in [0.3, 0.4) is 0 Å². The quantitative estimate of drug-likeness (QED) is 0.200. The number of fused-ring (bicyclic) bond motifs is 4. The molecule has 0 saturated carbocycles. The number of halogens is 2. The van der Waals surface area contributed by atoms with Crippen LogP contribution in [0.2, 0.25) is 10.0 Å². The summed E-state index contributed by atoms with van der Waals surface area (Å²) in [5.41, 5.74) is 8.93. The van der Waals surface area contributed by atoms with Crippen molar-refractivity contribution in [2.24, 2.45) is 4.99 Å². The minimum absolute atomic E-state index is 0.00988. The van der Waals surface area contributed by atoms with Crippen molar-refractivity contribution in [3.8, 4) is 0 Å². The largest absolute Gasteiger partial charge is 0.342 e. The van der Waals surface area contributed by atoms with Gasteiger partial charge >= 0.3 is 0 Å². The molecule has 0 amide bonds. The van der Waals surface area contributed by atoms with Gasteiger partial charge in [-0.2, -0.15) is 0 Å². The van der Waals surface area contributed by atoms with Gasteiger partial charge in [-0.3, -0.25) is 9.36 Å². The molecule has 1 aliphatic heterocycles. The molecule has 2 aliphatic rings. The summed E-state index contributed by atoms with van der Waals surface area (Å²) in [6.07, 6.45) is 5.95. The zero-order chi connectivity index (χ0) is 29.1. The highest BCUT2D eigenvalue weighted by atomic mass is 35.5. The third-order valence-corrected chi connectivity index (χ3v) is 10.2. The van der Waals surface area contributed by atoms with Crippen LogP contribution in [-0.2, 0) is 13.0 Å². The highest BCUT2D eigenvalue weighted by molar-refractivity contribution is 7.07. The van der Waals surface area contributed by atoms with Gasteiger partial charge in [0.2, 0.25) is 0 Å². The number of benzene rings is 4. The van der Waals surface area contributed by atoms with E-state index in [9.17, 15) is 4.79 Å². The summed E-state index contributed by atoms with van der Waals surface area (Å²) < 4.78 is 4.78.